The van der Waals surface area contributed by atoms with Gasteiger partial charge in [-0.25, -0.2) is 4.79 Å². The second kappa shape index (κ2) is 10.7. The molecule has 1 N–H and O–H groups in total. The van der Waals surface area contributed by atoms with Crippen molar-refractivity contribution in [3.63, 3.8) is 0 Å². The zero-order valence-electron chi connectivity index (χ0n) is 21.9. The monoisotopic (exact) mass is 522 g/mol. The first-order valence-corrected chi connectivity index (χ1v) is 12.1. The van der Waals surface area contributed by atoms with Crippen LogP contribution in [0.1, 0.15) is 15.9 Å². The fraction of sp³-hybridized carbons (Fsp3) is 0.129. The van der Waals surface area contributed by atoms with Crippen LogP contribution >= 0.6 is 0 Å². The number of benzene rings is 3. The molecule has 0 radical (unpaired) electrons. The van der Waals surface area contributed by atoms with Crippen LogP contribution < -0.4 is 25.2 Å². The topological polar surface area (TPSA) is 99.9 Å². The first-order chi connectivity index (χ1) is 18.9. The quantitative estimate of drug-likeness (QED) is 0.258. The number of rotatable bonds is 7. The van der Waals surface area contributed by atoms with Crippen molar-refractivity contribution >= 4 is 22.6 Å². The fourth-order valence-electron chi connectivity index (χ4n) is 4.58. The normalized spacial score (nSPS) is 10.8. The highest BCUT2D eigenvalue weighted by atomic mass is 16.5. The molecule has 0 unspecified atom stereocenters. The van der Waals surface area contributed by atoms with Gasteiger partial charge in [-0.05, 0) is 72.6 Å². The molecule has 0 fully saturated rings. The lowest BCUT2D eigenvalue weighted by Gasteiger charge is -2.15. The number of methoxy groups -OCH3 is 3. The van der Waals surface area contributed by atoms with E-state index in [1.54, 1.807) is 64.1 Å². The maximum Gasteiger partial charge on any atom is 0.360 e. The van der Waals surface area contributed by atoms with E-state index in [1.165, 1.54) is 0 Å². The Bertz CT molecular complexity index is 1740. The summed E-state index contributed by atoms with van der Waals surface area (Å²) in [7, 11) is 4.73. The number of aromatic nitrogens is 1. The Morgan fingerprint density at radius 3 is 2.33 bits per heavy atom. The van der Waals surface area contributed by atoms with Crippen molar-refractivity contribution in [2.24, 2.45) is 0 Å². The van der Waals surface area contributed by atoms with E-state index in [0.29, 0.717) is 39.3 Å². The number of carbonyl (C=O) groups excluding carboxylic acids is 1. The van der Waals surface area contributed by atoms with Gasteiger partial charge in [0.1, 0.15) is 28.5 Å². The molecule has 0 spiro atoms. The Morgan fingerprint density at radius 2 is 1.62 bits per heavy atom. The van der Waals surface area contributed by atoms with E-state index in [0.717, 1.165) is 22.3 Å². The molecule has 8 heteroatoms. The number of aryl methyl sites for hydroxylation is 1. The molecule has 0 atom stereocenters. The molecule has 5 aromatic rings. The average Bonchev–Trinajstić information content (AvgIpc) is 2.97. The number of carbonyl (C=O) groups is 1. The Kier molecular flexibility index (Phi) is 7.01. The molecule has 2 heterocycles. The van der Waals surface area contributed by atoms with E-state index in [2.05, 4.69) is 10.3 Å². The van der Waals surface area contributed by atoms with Crippen LogP contribution in [0, 0.1) is 6.92 Å². The zero-order chi connectivity index (χ0) is 27.5. The van der Waals surface area contributed by atoms with Gasteiger partial charge in [0.2, 0.25) is 0 Å². The number of anilines is 1. The Balaban J connectivity index is 1.52. The van der Waals surface area contributed by atoms with Gasteiger partial charge in [-0.1, -0.05) is 12.1 Å². The van der Waals surface area contributed by atoms with Crippen LogP contribution in [0.15, 0.2) is 88.3 Å². The lowest BCUT2D eigenvalue weighted by molar-refractivity contribution is 0.102. The van der Waals surface area contributed by atoms with Crippen molar-refractivity contribution in [1.82, 2.24) is 4.98 Å². The van der Waals surface area contributed by atoms with E-state index in [1.807, 2.05) is 43.3 Å². The van der Waals surface area contributed by atoms with E-state index in [4.69, 9.17) is 18.6 Å². The predicted molar refractivity (Wildman–Crippen MR) is 150 cm³/mol. The van der Waals surface area contributed by atoms with Crippen LogP contribution in [0.2, 0.25) is 0 Å². The number of ether oxygens (including phenoxy) is 3. The minimum Gasteiger partial charge on any atom is -0.497 e. The molecular weight excluding hydrogens is 496 g/mol. The molecule has 8 nitrogen and oxygen atoms in total. The van der Waals surface area contributed by atoms with Gasteiger partial charge in [-0.3, -0.25) is 9.78 Å². The number of pyridine rings is 1. The van der Waals surface area contributed by atoms with Crippen molar-refractivity contribution in [3.05, 3.63) is 101 Å². The molecule has 5 rings (SSSR count). The van der Waals surface area contributed by atoms with Crippen molar-refractivity contribution in [1.29, 1.82) is 0 Å². The van der Waals surface area contributed by atoms with E-state index in [-0.39, 0.29) is 5.69 Å². The smallest absolute Gasteiger partial charge is 0.360 e. The molecule has 0 saturated heterocycles. The number of hydrogen-bond donors (Lipinski definition) is 1. The highest BCUT2D eigenvalue weighted by Gasteiger charge is 2.19. The van der Waals surface area contributed by atoms with E-state index >= 15 is 0 Å². The third kappa shape index (κ3) is 4.92. The first kappa shape index (κ1) is 25.5. The van der Waals surface area contributed by atoms with Gasteiger partial charge >= 0.3 is 5.63 Å². The molecular formula is C31H26N2O6. The van der Waals surface area contributed by atoms with Gasteiger partial charge in [0.05, 0.1) is 21.3 Å². The highest BCUT2D eigenvalue weighted by molar-refractivity contribution is 6.06. The Hall–Kier alpha value is -5.11. The van der Waals surface area contributed by atoms with Crippen molar-refractivity contribution < 1.29 is 23.4 Å². The minimum absolute atomic E-state index is 0.0179. The number of nitrogens with one attached hydrogen (secondary N) is 1. The summed E-state index contributed by atoms with van der Waals surface area (Å²) in [6, 6.07) is 19.6. The van der Waals surface area contributed by atoms with Crippen LogP contribution in [-0.4, -0.2) is 32.2 Å². The predicted octanol–water partition coefficient (Wildman–Crippen LogP) is 6.11. The third-order valence-electron chi connectivity index (χ3n) is 6.50. The molecule has 3 aromatic carbocycles. The van der Waals surface area contributed by atoms with Crippen LogP contribution in [0.5, 0.6) is 17.2 Å². The molecule has 2 aromatic heterocycles. The molecule has 0 aliphatic carbocycles. The average molecular weight is 523 g/mol. The van der Waals surface area contributed by atoms with Crippen LogP contribution in [-0.2, 0) is 0 Å². The largest absolute Gasteiger partial charge is 0.497 e. The number of amides is 1. The Morgan fingerprint density at radius 1 is 0.846 bits per heavy atom. The van der Waals surface area contributed by atoms with Gasteiger partial charge in [0.25, 0.3) is 5.91 Å². The van der Waals surface area contributed by atoms with Crippen molar-refractivity contribution in [2.45, 2.75) is 6.92 Å². The molecule has 196 valence electrons. The van der Waals surface area contributed by atoms with Crippen LogP contribution in [0.4, 0.5) is 5.69 Å². The SMILES string of the molecule is COc1cccc(-c2cc(C(=O)Nc3cc4cc(OC)c(-c5ccncc5)c(C)c4oc3=O)ccc2OC)c1. The zero-order valence-corrected chi connectivity index (χ0v) is 21.9. The summed E-state index contributed by atoms with van der Waals surface area (Å²) in [5.41, 5.74) is 4.06. The molecule has 39 heavy (non-hydrogen) atoms. The molecule has 0 bridgehead atoms. The maximum atomic E-state index is 13.3. The summed E-state index contributed by atoms with van der Waals surface area (Å²) in [6.07, 6.45) is 3.37. The lowest BCUT2D eigenvalue weighted by atomic mass is 9.97. The summed E-state index contributed by atoms with van der Waals surface area (Å²) < 4.78 is 22.2. The van der Waals surface area contributed by atoms with E-state index < -0.39 is 11.5 Å². The number of nitrogens with zero attached hydrogens (tertiary/aromatic N) is 1. The second-order valence-electron chi connectivity index (χ2n) is 8.78. The third-order valence-corrected chi connectivity index (χ3v) is 6.50. The molecule has 0 aliphatic heterocycles. The van der Waals surface area contributed by atoms with Gasteiger partial charge in [-0.2, -0.15) is 0 Å². The Labute approximate surface area is 224 Å². The van der Waals surface area contributed by atoms with Gasteiger partial charge in [0.15, 0.2) is 0 Å². The lowest BCUT2D eigenvalue weighted by Crippen LogP contribution is -2.18. The summed E-state index contributed by atoms with van der Waals surface area (Å²) in [5, 5.41) is 3.32. The summed E-state index contributed by atoms with van der Waals surface area (Å²) >= 11 is 0. The number of hydrogen-bond acceptors (Lipinski definition) is 7. The van der Waals surface area contributed by atoms with Crippen molar-refractivity contribution in [2.75, 3.05) is 26.6 Å². The van der Waals surface area contributed by atoms with Gasteiger partial charge in [0, 0.05) is 40.0 Å². The van der Waals surface area contributed by atoms with Crippen LogP contribution in [0.25, 0.3) is 33.2 Å². The van der Waals surface area contributed by atoms with Gasteiger partial charge < -0.3 is 23.9 Å². The van der Waals surface area contributed by atoms with Crippen LogP contribution in [0.3, 0.4) is 0 Å². The standard InChI is InChI=1S/C31H26N2O6/c1-18-28(19-10-12-32-13-11-19)27(38-4)17-22-16-25(31(35)39-29(18)22)33-30(34)21-8-9-26(37-3)24(15-21)20-6-5-7-23(14-20)36-2/h5-17H,1-4H3,(H,33,34). The maximum absolute atomic E-state index is 13.3. The number of fused-ring (bicyclic) bond motifs is 1. The summed E-state index contributed by atoms with van der Waals surface area (Å²) in [5.74, 6) is 1.41. The van der Waals surface area contributed by atoms with Gasteiger partial charge in [-0.15, -0.1) is 0 Å². The molecule has 0 aliphatic rings. The molecule has 0 saturated carbocycles. The van der Waals surface area contributed by atoms with E-state index in [9.17, 15) is 9.59 Å². The first-order valence-electron chi connectivity index (χ1n) is 12.1. The molecule has 1 amide bonds. The minimum atomic E-state index is -0.661. The van der Waals surface area contributed by atoms with Crippen molar-refractivity contribution in [3.8, 4) is 39.5 Å². The summed E-state index contributed by atoms with van der Waals surface area (Å²) in [4.78, 5) is 30.3. The second-order valence-corrected chi connectivity index (χ2v) is 8.78. The summed E-state index contributed by atoms with van der Waals surface area (Å²) in [6.45, 7) is 1.86. The fourth-order valence-corrected chi connectivity index (χ4v) is 4.58. The highest BCUT2D eigenvalue weighted by Crippen LogP contribution is 2.38.